The molecule has 0 unspecified atom stereocenters. The first-order valence-corrected chi connectivity index (χ1v) is 5.86. The van der Waals surface area contributed by atoms with Crippen molar-refractivity contribution in [3.8, 4) is 0 Å². The van der Waals surface area contributed by atoms with E-state index in [0.29, 0.717) is 12.2 Å². The number of nitrogens with one attached hydrogen (secondary N) is 1. The summed E-state index contributed by atoms with van der Waals surface area (Å²) < 4.78 is 13.4. The second-order valence-electron chi connectivity index (χ2n) is 3.96. The predicted molar refractivity (Wildman–Crippen MR) is 69.5 cm³/mol. The van der Waals surface area contributed by atoms with Crippen LogP contribution >= 0.6 is 0 Å². The van der Waals surface area contributed by atoms with Crippen LogP contribution in [0, 0.1) is 5.82 Å². The lowest BCUT2D eigenvalue weighted by atomic mass is 10.1. The Kier molecular flexibility index (Phi) is 3.76. The molecule has 0 saturated carbocycles. The van der Waals surface area contributed by atoms with Crippen molar-refractivity contribution in [2.24, 2.45) is 0 Å². The summed E-state index contributed by atoms with van der Waals surface area (Å²) in [5, 5.41) is 3.13. The first-order chi connectivity index (χ1) is 8.31. The summed E-state index contributed by atoms with van der Waals surface area (Å²) in [7, 11) is 0. The van der Waals surface area contributed by atoms with Crippen LogP contribution in [0.25, 0.3) is 0 Å². The van der Waals surface area contributed by atoms with Gasteiger partial charge in [-0.3, -0.25) is 0 Å². The number of aryl methyl sites for hydroxylation is 1. The van der Waals surface area contributed by atoms with E-state index < -0.39 is 0 Å². The van der Waals surface area contributed by atoms with Gasteiger partial charge in [0.15, 0.2) is 0 Å². The zero-order valence-electron chi connectivity index (χ0n) is 9.91. The fraction of sp³-hybridized carbons (Fsp3) is 0.200. The minimum Gasteiger partial charge on any atom is -0.379 e. The van der Waals surface area contributed by atoms with Gasteiger partial charge in [-0.05, 0) is 29.7 Å². The van der Waals surface area contributed by atoms with Crippen LogP contribution in [0.1, 0.15) is 18.1 Å². The summed E-state index contributed by atoms with van der Waals surface area (Å²) in [4.78, 5) is 0. The Morgan fingerprint density at radius 3 is 2.29 bits per heavy atom. The van der Waals surface area contributed by atoms with Gasteiger partial charge in [0.25, 0.3) is 0 Å². The molecule has 0 amide bonds. The molecule has 0 bridgehead atoms. The zero-order valence-corrected chi connectivity index (χ0v) is 9.91. The van der Waals surface area contributed by atoms with E-state index >= 15 is 0 Å². The van der Waals surface area contributed by atoms with Crippen LogP contribution in [0.2, 0.25) is 0 Å². The van der Waals surface area contributed by atoms with Gasteiger partial charge in [-0.2, -0.15) is 0 Å². The predicted octanol–water partition coefficient (Wildman–Crippen LogP) is 4.00. The number of hydrogen-bond donors (Lipinski definition) is 1. The zero-order chi connectivity index (χ0) is 12.1. The van der Waals surface area contributed by atoms with E-state index in [1.54, 1.807) is 12.1 Å². The summed E-state index contributed by atoms with van der Waals surface area (Å²) in [5.74, 6) is -0.207. The maximum Gasteiger partial charge on any atom is 0.146 e. The number of para-hydroxylation sites is 1. The van der Waals surface area contributed by atoms with Crippen molar-refractivity contribution < 1.29 is 4.39 Å². The molecule has 0 fully saturated rings. The SMILES string of the molecule is CCc1ccccc1CNc1ccccc1F. The molecule has 0 radical (unpaired) electrons. The number of benzene rings is 2. The number of halogens is 1. The molecule has 2 aromatic rings. The van der Waals surface area contributed by atoms with Gasteiger partial charge in [0.1, 0.15) is 5.82 Å². The van der Waals surface area contributed by atoms with Gasteiger partial charge < -0.3 is 5.32 Å². The second kappa shape index (κ2) is 5.48. The molecule has 1 N–H and O–H groups in total. The summed E-state index contributed by atoms with van der Waals surface area (Å²) in [6.45, 7) is 2.78. The Labute approximate surface area is 101 Å². The molecular weight excluding hydrogens is 213 g/mol. The van der Waals surface area contributed by atoms with Crippen molar-refractivity contribution in [1.82, 2.24) is 0 Å². The highest BCUT2D eigenvalue weighted by molar-refractivity contribution is 5.45. The van der Waals surface area contributed by atoms with Crippen molar-refractivity contribution in [3.63, 3.8) is 0 Å². The maximum absolute atomic E-state index is 13.4. The Hall–Kier alpha value is -1.83. The molecule has 2 aromatic carbocycles. The van der Waals surface area contributed by atoms with E-state index in [-0.39, 0.29) is 5.82 Å². The third-order valence-corrected chi connectivity index (χ3v) is 2.84. The molecule has 0 saturated heterocycles. The van der Waals surface area contributed by atoms with Crippen molar-refractivity contribution in [3.05, 3.63) is 65.5 Å². The molecule has 0 aromatic heterocycles. The average molecular weight is 229 g/mol. The molecule has 0 aliphatic heterocycles. The number of anilines is 1. The lowest BCUT2D eigenvalue weighted by Crippen LogP contribution is -2.03. The topological polar surface area (TPSA) is 12.0 Å². The van der Waals surface area contributed by atoms with Crippen molar-refractivity contribution in [2.75, 3.05) is 5.32 Å². The van der Waals surface area contributed by atoms with Crippen molar-refractivity contribution in [1.29, 1.82) is 0 Å². The number of hydrogen-bond acceptors (Lipinski definition) is 1. The van der Waals surface area contributed by atoms with Gasteiger partial charge in [0.2, 0.25) is 0 Å². The van der Waals surface area contributed by atoms with Crippen LogP contribution in [0.4, 0.5) is 10.1 Å². The average Bonchev–Trinajstić information content (AvgIpc) is 2.38. The van der Waals surface area contributed by atoms with Crippen molar-refractivity contribution >= 4 is 5.69 Å². The monoisotopic (exact) mass is 229 g/mol. The van der Waals surface area contributed by atoms with E-state index in [9.17, 15) is 4.39 Å². The van der Waals surface area contributed by atoms with Gasteiger partial charge in [0.05, 0.1) is 5.69 Å². The fourth-order valence-corrected chi connectivity index (χ4v) is 1.87. The normalized spacial score (nSPS) is 10.2. The van der Waals surface area contributed by atoms with Crippen LogP contribution < -0.4 is 5.32 Å². The van der Waals surface area contributed by atoms with E-state index in [0.717, 1.165) is 6.42 Å². The van der Waals surface area contributed by atoms with Gasteiger partial charge in [0, 0.05) is 6.54 Å². The molecule has 0 spiro atoms. The minimum absolute atomic E-state index is 0.207. The summed E-state index contributed by atoms with van der Waals surface area (Å²) in [6.07, 6.45) is 0.995. The van der Waals surface area contributed by atoms with Gasteiger partial charge in [-0.15, -0.1) is 0 Å². The maximum atomic E-state index is 13.4. The molecule has 88 valence electrons. The molecule has 1 nitrogen and oxygen atoms in total. The Balaban J connectivity index is 2.10. The van der Waals surface area contributed by atoms with Gasteiger partial charge in [-0.25, -0.2) is 4.39 Å². The summed E-state index contributed by atoms with van der Waals surface area (Å²) in [6, 6.07) is 15.0. The highest BCUT2D eigenvalue weighted by Gasteiger charge is 2.02. The van der Waals surface area contributed by atoms with Crippen molar-refractivity contribution in [2.45, 2.75) is 19.9 Å². The van der Waals surface area contributed by atoms with Crippen LogP contribution in [-0.4, -0.2) is 0 Å². The van der Waals surface area contributed by atoms with Crippen LogP contribution in [-0.2, 0) is 13.0 Å². The molecule has 0 heterocycles. The largest absolute Gasteiger partial charge is 0.379 e. The van der Waals surface area contributed by atoms with E-state index in [2.05, 4.69) is 24.4 Å². The summed E-state index contributed by atoms with van der Waals surface area (Å²) in [5.41, 5.74) is 3.08. The lowest BCUT2D eigenvalue weighted by Gasteiger charge is -2.10. The molecule has 17 heavy (non-hydrogen) atoms. The second-order valence-corrected chi connectivity index (χ2v) is 3.96. The molecule has 0 aliphatic carbocycles. The van der Waals surface area contributed by atoms with Gasteiger partial charge in [-0.1, -0.05) is 43.3 Å². The highest BCUT2D eigenvalue weighted by atomic mass is 19.1. The highest BCUT2D eigenvalue weighted by Crippen LogP contribution is 2.16. The lowest BCUT2D eigenvalue weighted by molar-refractivity contribution is 0.630. The van der Waals surface area contributed by atoms with E-state index in [1.807, 2.05) is 18.2 Å². The molecule has 2 rings (SSSR count). The van der Waals surface area contributed by atoms with Crippen LogP contribution in [0.5, 0.6) is 0 Å². The number of rotatable bonds is 4. The molecule has 2 heteroatoms. The van der Waals surface area contributed by atoms with E-state index in [4.69, 9.17) is 0 Å². The first-order valence-electron chi connectivity index (χ1n) is 5.86. The molecule has 0 atom stereocenters. The molecule has 0 aliphatic rings. The summed E-state index contributed by atoms with van der Waals surface area (Å²) >= 11 is 0. The standard InChI is InChI=1S/C15H16FN/c1-2-12-7-3-4-8-13(12)11-17-15-10-6-5-9-14(15)16/h3-10,17H,2,11H2,1H3. The Bertz CT molecular complexity index is 494. The minimum atomic E-state index is -0.207. The molecular formula is C15H16FN. The van der Waals surface area contributed by atoms with Crippen LogP contribution in [0.3, 0.4) is 0 Å². The van der Waals surface area contributed by atoms with Crippen LogP contribution in [0.15, 0.2) is 48.5 Å². The third-order valence-electron chi connectivity index (χ3n) is 2.84. The smallest absolute Gasteiger partial charge is 0.146 e. The Morgan fingerprint density at radius 1 is 0.941 bits per heavy atom. The first kappa shape index (κ1) is 11.6. The van der Waals surface area contributed by atoms with Gasteiger partial charge >= 0.3 is 0 Å². The Morgan fingerprint density at radius 2 is 1.59 bits per heavy atom. The quantitative estimate of drug-likeness (QED) is 0.835. The third kappa shape index (κ3) is 2.84. The van der Waals surface area contributed by atoms with E-state index in [1.165, 1.54) is 17.2 Å². The fourth-order valence-electron chi connectivity index (χ4n) is 1.87.